The molecule has 23 heavy (non-hydrogen) atoms. The summed E-state index contributed by atoms with van der Waals surface area (Å²) in [5.74, 6) is -1.01. The van der Waals surface area contributed by atoms with Crippen LogP contribution in [0.4, 0.5) is 5.69 Å². The van der Waals surface area contributed by atoms with Crippen LogP contribution in [0.2, 0.25) is 5.02 Å². The lowest BCUT2D eigenvalue weighted by Gasteiger charge is -2.15. The van der Waals surface area contributed by atoms with Crippen molar-refractivity contribution in [2.24, 2.45) is 5.73 Å². The van der Waals surface area contributed by atoms with E-state index in [1.165, 1.54) is 17.4 Å². The van der Waals surface area contributed by atoms with Gasteiger partial charge in [-0.15, -0.1) is 11.3 Å². The van der Waals surface area contributed by atoms with Crippen molar-refractivity contribution >= 4 is 44.6 Å². The standard InChI is InChI=1S/C15H17ClN2O3S2/c1-3-10(15(17)19)11-7-22-8-13(11)18-23(20,21)14-6-4-5-12(16)9(14)2/h4-8,10,18H,3H2,1-2H3,(H2,17,19). The molecule has 0 spiro atoms. The van der Waals surface area contributed by atoms with Gasteiger partial charge in [0.15, 0.2) is 0 Å². The average Bonchev–Trinajstić information content (AvgIpc) is 2.89. The second-order valence-corrected chi connectivity index (χ2v) is 7.87. The van der Waals surface area contributed by atoms with Crippen LogP contribution in [0.25, 0.3) is 0 Å². The largest absolute Gasteiger partial charge is 0.369 e. The first kappa shape index (κ1) is 17.8. The van der Waals surface area contributed by atoms with E-state index in [1.807, 2.05) is 6.92 Å². The summed E-state index contributed by atoms with van der Waals surface area (Å²) in [5, 5.41) is 3.77. The lowest BCUT2D eigenvalue weighted by Crippen LogP contribution is -2.22. The molecule has 0 bridgehead atoms. The number of halogens is 1. The molecule has 0 saturated heterocycles. The number of benzene rings is 1. The molecule has 0 aliphatic carbocycles. The number of sulfonamides is 1. The fourth-order valence-corrected chi connectivity index (χ4v) is 4.80. The van der Waals surface area contributed by atoms with Crippen molar-refractivity contribution in [3.8, 4) is 0 Å². The molecule has 1 unspecified atom stereocenters. The number of nitrogens with two attached hydrogens (primary N) is 1. The predicted molar refractivity (Wildman–Crippen MR) is 93.5 cm³/mol. The van der Waals surface area contributed by atoms with E-state index in [0.29, 0.717) is 28.3 Å². The normalized spacial score (nSPS) is 12.8. The van der Waals surface area contributed by atoms with Gasteiger partial charge in [-0.1, -0.05) is 24.6 Å². The molecule has 1 atom stereocenters. The van der Waals surface area contributed by atoms with Crippen LogP contribution in [0.3, 0.4) is 0 Å². The smallest absolute Gasteiger partial charge is 0.262 e. The van der Waals surface area contributed by atoms with E-state index in [9.17, 15) is 13.2 Å². The quantitative estimate of drug-likeness (QED) is 0.813. The van der Waals surface area contributed by atoms with Gasteiger partial charge in [0.05, 0.1) is 16.5 Å². The summed E-state index contributed by atoms with van der Waals surface area (Å²) in [4.78, 5) is 11.7. The maximum atomic E-state index is 12.6. The second kappa shape index (κ2) is 6.90. The van der Waals surface area contributed by atoms with E-state index in [0.717, 1.165) is 0 Å². The molecule has 2 rings (SSSR count). The van der Waals surface area contributed by atoms with Gasteiger partial charge in [0.25, 0.3) is 10.0 Å². The van der Waals surface area contributed by atoms with Crippen molar-refractivity contribution in [2.75, 3.05) is 4.72 Å². The molecule has 0 saturated carbocycles. The Labute approximate surface area is 144 Å². The summed E-state index contributed by atoms with van der Waals surface area (Å²) < 4.78 is 27.8. The highest BCUT2D eigenvalue weighted by Crippen LogP contribution is 2.33. The van der Waals surface area contributed by atoms with Crippen LogP contribution >= 0.6 is 22.9 Å². The summed E-state index contributed by atoms with van der Waals surface area (Å²) in [7, 11) is -3.81. The minimum atomic E-state index is -3.81. The minimum Gasteiger partial charge on any atom is -0.369 e. The maximum Gasteiger partial charge on any atom is 0.262 e. The van der Waals surface area contributed by atoms with E-state index in [-0.39, 0.29) is 4.90 Å². The highest BCUT2D eigenvalue weighted by atomic mass is 35.5. The van der Waals surface area contributed by atoms with Crippen LogP contribution in [0.5, 0.6) is 0 Å². The fourth-order valence-electron chi connectivity index (χ4n) is 2.31. The van der Waals surface area contributed by atoms with Crippen molar-refractivity contribution in [1.82, 2.24) is 0 Å². The lowest BCUT2D eigenvalue weighted by atomic mass is 9.98. The van der Waals surface area contributed by atoms with E-state index < -0.39 is 21.8 Å². The SMILES string of the molecule is CCC(C(N)=O)c1cscc1NS(=O)(=O)c1cccc(Cl)c1C. The Bertz CT molecular complexity index is 831. The number of thiophene rings is 1. The molecule has 0 aliphatic heterocycles. The van der Waals surface area contributed by atoms with E-state index in [1.54, 1.807) is 29.8 Å². The first-order valence-electron chi connectivity index (χ1n) is 6.91. The third-order valence-corrected chi connectivity index (χ3v) is 6.25. The topological polar surface area (TPSA) is 89.3 Å². The Balaban J connectivity index is 2.41. The third-order valence-electron chi connectivity index (χ3n) is 3.57. The number of hydrogen-bond donors (Lipinski definition) is 2. The molecule has 124 valence electrons. The number of carbonyl (C=O) groups is 1. The van der Waals surface area contributed by atoms with Crippen LogP contribution in [-0.2, 0) is 14.8 Å². The Morgan fingerprint density at radius 2 is 2.09 bits per heavy atom. The van der Waals surface area contributed by atoms with Crippen molar-refractivity contribution in [3.63, 3.8) is 0 Å². The molecule has 1 amide bonds. The van der Waals surface area contributed by atoms with Gasteiger partial charge < -0.3 is 5.73 Å². The molecule has 1 aromatic heterocycles. The van der Waals surface area contributed by atoms with Gasteiger partial charge in [-0.05, 0) is 42.0 Å². The van der Waals surface area contributed by atoms with Gasteiger partial charge in [-0.3, -0.25) is 9.52 Å². The first-order chi connectivity index (χ1) is 10.8. The van der Waals surface area contributed by atoms with Crippen LogP contribution in [0.15, 0.2) is 33.9 Å². The Morgan fingerprint density at radius 3 is 2.70 bits per heavy atom. The zero-order valence-corrected chi connectivity index (χ0v) is 15.1. The Hall–Kier alpha value is -1.57. The number of rotatable bonds is 6. The number of amides is 1. The minimum absolute atomic E-state index is 0.106. The molecule has 2 aromatic rings. The summed E-state index contributed by atoms with van der Waals surface area (Å²) in [5.41, 5.74) is 6.84. The third kappa shape index (κ3) is 3.68. The van der Waals surface area contributed by atoms with E-state index >= 15 is 0 Å². The lowest BCUT2D eigenvalue weighted by molar-refractivity contribution is -0.119. The van der Waals surface area contributed by atoms with Crippen LogP contribution in [0.1, 0.15) is 30.4 Å². The summed E-state index contributed by atoms with van der Waals surface area (Å²) in [6, 6.07) is 4.70. The molecule has 8 heteroatoms. The molecule has 3 N–H and O–H groups in total. The van der Waals surface area contributed by atoms with Crippen molar-refractivity contribution in [1.29, 1.82) is 0 Å². The van der Waals surface area contributed by atoms with Crippen LogP contribution < -0.4 is 10.5 Å². The van der Waals surface area contributed by atoms with Crippen LogP contribution in [0, 0.1) is 6.92 Å². The molecule has 5 nitrogen and oxygen atoms in total. The molecule has 0 aliphatic rings. The van der Waals surface area contributed by atoms with Crippen molar-refractivity contribution in [3.05, 3.63) is 45.1 Å². The van der Waals surface area contributed by atoms with Gasteiger partial charge in [0.2, 0.25) is 5.91 Å². The van der Waals surface area contributed by atoms with E-state index in [4.69, 9.17) is 17.3 Å². The molecule has 1 aromatic carbocycles. The van der Waals surface area contributed by atoms with Gasteiger partial charge in [-0.2, -0.15) is 0 Å². The van der Waals surface area contributed by atoms with Gasteiger partial charge in [-0.25, -0.2) is 8.42 Å². The Morgan fingerprint density at radius 1 is 1.39 bits per heavy atom. The summed E-state index contributed by atoms with van der Waals surface area (Å²) in [6.07, 6.45) is 0.497. The first-order valence-corrected chi connectivity index (χ1v) is 9.71. The second-order valence-electron chi connectivity index (χ2n) is 5.07. The molecule has 1 heterocycles. The highest BCUT2D eigenvalue weighted by molar-refractivity contribution is 7.92. The average molecular weight is 373 g/mol. The molecular formula is C15H17ClN2O3S2. The predicted octanol–water partition coefficient (Wildman–Crippen LogP) is 3.49. The van der Waals surface area contributed by atoms with Crippen molar-refractivity contribution < 1.29 is 13.2 Å². The van der Waals surface area contributed by atoms with Crippen LogP contribution in [-0.4, -0.2) is 14.3 Å². The Kier molecular flexibility index (Phi) is 5.33. The van der Waals surface area contributed by atoms with E-state index in [2.05, 4.69) is 4.72 Å². The highest BCUT2D eigenvalue weighted by Gasteiger charge is 2.24. The molecular weight excluding hydrogens is 356 g/mol. The zero-order chi connectivity index (χ0) is 17.2. The van der Waals surface area contributed by atoms with Crippen molar-refractivity contribution in [2.45, 2.75) is 31.1 Å². The molecule has 0 radical (unpaired) electrons. The van der Waals surface area contributed by atoms with Gasteiger partial charge >= 0.3 is 0 Å². The van der Waals surface area contributed by atoms with Gasteiger partial charge in [0.1, 0.15) is 0 Å². The fraction of sp³-hybridized carbons (Fsp3) is 0.267. The summed E-state index contributed by atoms with van der Waals surface area (Å²) >= 11 is 7.31. The number of hydrogen-bond acceptors (Lipinski definition) is 4. The van der Waals surface area contributed by atoms with Gasteiger partial charge in [0, 0.05) is 10.4 Å². The summed E-state index contributed by atoms with van der Waals surface area (Å²) in [6.45, 7) is 3.47. The maximum absolute atomic E-state index is 12.6. The number of anilines is 1. The zero-order valence-electron chi connectivity index (χ0n) is 12.7. The number of primary amides is 1. The number of nitrogens with one attached hydrogen (secondary N) is 1. The molecule has 0 fully saturated rings. The number of carbonyl (C=O) groups excluding carboxylic acids is 1. The monoisotopic (exact) mass is 372 g/mol.